The first-order valence-corrected chi connectivity index (χ1v) is 5.79. The monoisotopic (exact) mass is 218 g/mol. The average molecular weight is 218 g/mol. The Hall–Kier alpha value is 0.01000. The smallest absolute Gasteiger partial charge is 0.0802 e. The van der Waals surface area contributed by atoms with E-state index < -0.39 is 6.10 Å². The molecule has 0 aromatic carbocycles. The summed E-state index contributed by atoms with van der Waals surface area (Å²) in [5.74, 6) is -0.0909. The minimum Gasteiger partial charge on any atom is -0.396 e. The molecule has 3 heteroatoms. The Morgan fingerprint density at radius 1 is 1.43 bits per heavy atom. The van der Waals surface area contributed by atoms with Crippen molar-refractivity contribution in [3.8, 4) is 0 Å². The largest absolute Gasteiger partial charge is 0.396 e. The Morgan fingerprint density at radius 3 is 2.29 bits per heavy atom. The topological polar surface area (TPSA) is 40.5 Å². The summed E-state index contributed by atoms with van der Waals surface area (Å²) in [6.07, 6.45) is -0.533. The molecule has 0 aliphatic rings. The predicted octanol–water partition coefficient (Wildman–Crippen LogP) is 2.41. The van der Waals surface area contributed by atoms with Crippen molar-refractivity contribution in [3.63, 3.8) is 0 Å². The van der Waals surface area contributed by atoms with Crippen LogP contribution in [0.1, 0.15) is 34.6 Å². The van der Waals surface area contributed by atoms with Crippen molar-refractivity contribution < 1.29 is 10.2 Å². The fourth-order valence-electron chi connectivity index (χ4n) is 0.888. The highest BCUT2D eigenvalue weighted by atomic mass is 32.2. The molecule has 84 valence electrons. The summed E-state index contributed by atoms with van der Waals surface area (Å²) in [6, 6.07) is 0. The number of rotatable bonds is 4. The van der Waals surface area contributed by atoms with Crippen LogP contribution >= 0.6 is 11.8 Å². The van der Waals surface area contributed by atoms with Gasteiger partial charge in [-0.05, 0) is 17.9 Å². The van der Waals surface area contributed by atoms with Crippen molar-refractivity contribution in [1.82, 2.24) is 0 Å². The van der Waals surface area contributed by atoms with Crippen molar-refractivity contribution in [1.29, 1.82) is 0 Å². The summed E-state index contributed by atoms with van der Waals surface area (Å²) in [7, 11) is 0. The molecular weight excluding hydrogens is 196 g/mol. The zero-order valence-corrected chi connectivity index (χ0v) is 10.6. The molecule has 0 unspecified atom stereocenters. The lowest BCUT2D eigenvalue weighted by molar-refractivity contribution is 0.103. The maximum absolute atomic E-state index is 9.74. The van der Waals surface area contributed by atoms with Crippen molar-refractivity contribution in [2.24, 2.45) is 5.92 Å². The van der Waals surface area contributed by atoms with Crippen molar-refractivity contribution in [3.05, 3.63) is 11.0 Å². The maximum atomic E-state index is 9.74. The van der Waals surface area contributed by atoms with Gasteiger partial charge in [0.15, 0.2) is 0 Å². The molecule has 0 spiro atoms. The molecule has 0 rings (SSSR count). The summed E-state index contributed by atoms with van der Waals surface area (Å²) in [6.45, 7) is 10.1. The van der Waals surface area contributed by atoms with Crippen LogP contribution < -0.4 is 0 Å². The van der Waals surface area contributed by atoms with Crippen LogP contribution in [0.4, 0.5) is 0 Å². The molecule has 0 aliphatic heterocycles. The third-order valence-corrected chi connectivity index (χ3v) is 3.09. The molecule has 0 aromatic heterocycles. The van der Waals surface area contributed by atoms with E-state index in [2.05, 4.69) is 20.8 Å². The van der Waals surface area contributed by atoms with Crippen LogP contribution in [0.3, 0.4) is 0 Å². The summed E-state index contributed by atoms with van der Waals surface area (Å²) >= 11 is 1.69. The fourth-order valence-corrected chi connectivity index (χ4v) is 1.57. The van der Waals surface area contributed by atoms with Crippen LogP contribution in [-0.4, -0.2) is 27.7 Å². The number of aliphatic hydroxyl groups excluding tert-OH is 2. The first kappa shape index (κ1) is 14.0. The molecule has 2 N–H and O–H groups in total. The zero-order chi connectivity index (χ0) is 11.4. The molecule has 0 aromatic rings. The minimum absolute atomic E-state index is 0.0204. The second kappa shape index (κ2) is 5.79. The Kier molecular flexibility index (Phi) is 5.79. The van der Waals surface area contributed by atoms with E-state index in [1.807, 2.05) is 19.3 Å². The van der Waals surface area contributed by atoms with E-state index in [0.717, 1.165) is 5.57 Å². The van der Waals surface area contributed by atoms with Gasteiger partial charge in [-0.3, -0.25) is 0 Å². The molecule has 0 saturated carbocycles. The number of thioether (sulfide) groups is 1. The van der Waals surface area contributed by atoms with Crippen molar-refractivity contribution in [2.45, 2.75) is 45.5 Å². The summed E-state index contributed by atoms with van der Waals surface area (Å²) in [5.41, 5.74) is 0.923. The van der Waals surface area contributed by atoms with Crippen LogP contribution in [-0.2, 0) is 0 Å². The Balaban J connectivity index is 4.24. The number of aliphatic hydroxyl groups is 2. The predicted molar refractivity (Wildman–Crippen MR) is 63.4 cm³/mol. The van der Waals surface area contributed by atoms with Gasteiger partial charge < -0.3 is 10.2 Å². The van der Waals surface area contributed by atoms with E-state index in [9.17, 15) is 5.11 Å². The molecule has 0 radical (unpaired) electrons. The van der Waals surface area contributed by atoms with Crippen molar-refractivity contribution >= 4 is 11.8 Å². The van der Waals surface area contributed by atoms with Gasteiger partial charge in [0.25, 0.3) is 0 Å². The van der Waals surface area contributed by atoms with Gasteiger partial charge >= 0.3 is 0 Å². The molecule has 0 fully saturated rings. The Morgan fingerprint density at radius 2 is 1.93 bits per heavy atom. The van der Waals surface area contributed by atoms with Gasteiger partial charge in [-0.15, -0.1) is 11.8 Å². The van der Waals surface area contributed by atoms with Gasteiger partial charge in [0.2, 0.25) is 0 Å². The Labute approximate surface area is 91.4 Å². The normalized spacial score (nSPS) is 18.1. The molecule has 0 saturated heterocycles. The van der Waals surface area contributed by atoms with Gasteiger partial charge in [-0.25, -0.2) is 0 Å². The van der Waals surface area contributed by atoms with Crippen LogP contribution in [0.15, 0.2) is 11.0 Å². The summed E-state index contributed by atoms with van der Waals surface area (Å²) in [4.78, 5) is 0. The lowest BCUT2D eigenvalue weighted by Gasteiger charge is -2.19. The summed E-state index contributed by atoms with van der Waals surface area (Å²) in [5, 5.41) is 20.6. The highest BCUT2D eigenvalue weighted by Crippen LogP contribution is 2.27. The SMILES string of the molecule is C/C(=C\SC(C)(C)C)[C@@H](O)[C@H](C)CO. The van der Waals surface area contributed by atoms with Crippen LogP contribution in [0.5, 0.6) is 0 Å². The van der Waals surface area contributed by atoms with Gasteiger partial charge in [-0.2, -0.15) is 0 Å². The first-order chi connectivity index (χ1) is 6.28. The zero-order valence-electron chi connectivity index (χ0n) is 9.74. The minimum atomic E-state index is -0.533. The van der Waals surface area contributed by atoms with Crippen molar-refractivity contribution in [2.75, 3.05) is 6.61 Å². The molecule has 14 heavy (non-hydrogen) atoms. The van der Waals surface area contributed by atoms with Crippen LogP contribution in [0, 0.1) is 5.92 Å². The van der Waals surface area contributed by atoms with E-state index >= 15 is 0 Å². The second-order valence-electron chi connectivity index (χ2n) is 4.70. The number of hydrogen-bond acceptors (Lipinski definition) is 3. The Bertz CT molecular complexity index is 194. The fraction of sp³-hybridized carbons (Fsp3) is 0.818. The van der Waals surface area contributed by atoms with E-state index in [1.54, 1.807) is 11.8 Å². The number of hydrogen-bond donors (Lipinski definition) is 2. The summed E-state index contributed by atoms with van der Waals surface area (Å²) < 4.78 is 0.170. The molecule has 2 atom stereocenters. The highest BCUT2D eigenvalue weighted by Gasteiger charge is 2.16. The molecule has 0 bridgehead atoms. The van der Waals surface area contributed by atoms with E-state index in [-0.39, 0.29) is 17.3 Å². The molecule has 0 heterocycles. The maximum Gasteiger partial charge on any atom is 0.0802 e. The van der Waals surface area contributed by atoms with Crippen LogP contribution in [0.25, 0.3) is 0 Å². The lowest BCUT2D eigenvalue weighted by atomic mass is 10.0. The van der Waals surface area contributed by atoms with Gasteiger partial charge in [0.1, 0.15) is 0 Å². The second-order valence-corrected chi connectivity index (χ2v) is 6.39. The van der Waals surface area contributed by atoms with Gasteiger partial charge in [0, 0.05) is 17.3 Å². The van der Waals surface area contributed by atoms with E-state index in [4.69, 9.17) is 5.11 Å². The average Bonchev–Trinajstić information content (AvgIpc) is 2.10. The molecule has 0 aliphatic carbocycles. The first-order valence-electron chi connectivity index (χ1n) is 4.91. The van der Waals surface area contributed by atoms with E-state index in [0.29, 0.717) is 0 Å². The van der Waals surface area contributed by atoms with Gasteiger partial charge in [-0.1, -0.05) is 27.7 Å². The standard InChI is InChI=1S/C11H22O2S/c1-8(6-12)10(13)9(2)7-14-11(3,4)5/h7-8,10,12-13H,6H2,1-5H3/b9-7+/t8-,10+/m1/s1. The third kappa shape index (κ3) is 5.68. The quantitative estimate of drug-likeness (QED) is 0.761. The molecule has 2 nitrogen and oxygen atoms in total. The van der Waals surface area contributed by atoms with Crippen LogP contribution in [0.2, 0.25) is 0 Å². The molecule has 0 amide bonds. The van der Waals surface area contributed by atoms with E-state index in [1.165, 1.54) is 0 Å². The van der Waals surface area contributed by atoms with Gasteiger partial charge in [0.05, 0.1) is 6.10 Å². The lowest BCUT2D eigenvalue weighted by Crippen LogP contribution is -2.22. The molecular formula is C11H22O2S. The third-order valence-electron chi connectivity index (χ3n) is 1.89. The highest BCUT2D eigenvalue weighted by molar-refractivity contribution is 8.03.